The van der Waals surface area contributed by atoms with Gasteiger partial charge in [0.15, 0.2) is 0 Å². The summed E-state index contributed by atoms with van der Waals surface area (Å²) < 4.78 is 0. The number of H-pyrrole nitrogens is 1. The van der Waals surface area contributed by atoms with Gasteiger partial charge in [-0.3, -0.25) is 14.5 Å². The Balaban J connectivity index is 1.47. The molecule has 3 heterocycles. The van der Waals surface area contributed by atoms with Crippen molar-refractivity contribution in [3.05, 3.63) is 27.4 Å². The third kappa shape index (κ3) is 4.02. The summed E-state index contributed by atoms with van der Waals surface area (Å²) in [5.74, 6) is 1.67. The molecule has 0 bridgehead atoms. The monoisotopic (exact) mass is 386 g/mol. The van der Waals surface area contributed by atoms with Crippen LogP contribution in [0, 0.1) is 5.92 Å². The van der Waals surface area contributed by atoms with Gasteiger partial charge >= 0.3 is 0 Å². The van der Waals surface area contributed by atoms with E-state index in [2.05, 4.69) is 23.7 Å². The van der Waals surface area contributed by atoms with Crippen LogP contribution in [0.3, 0.4) is 0 Å². The molecule has 1 aliphatic carbocycles. The van der Waals surface area contributed by atoms with Crippen LogP contribution in [0.2, 0.25) is 0 Å². The van der Waals surface area contributed by atoms with E-state index in [-0.39, 0.29) is 17.5 Å². The highest BCUT2D eigenvalue weighted by atomic mass is 16.2. The van der Waals surface area contributed by atoms with Gasteiger partial charge in [-0.05, 0) is 39.0 Å². The van der Waals surface area contributed by atoms with E-state index in [4.69, 9.17) is 4.98 Å². The quantitative estimate of drug-likeness (QED) is 0.844. The van der Waals surface area contributed by atoms with E-state index in [1.54, 1.807) is 0 Å². The number of aromatic nitrogens is 2. The second-order valence-corrected chi connectivity index (χ2v) is 9.12. The van der Waals surface area contributed by atoms with Crippen molar-refractivity contribution in [2.75, 3.05) is 13.1 Å². The van der Waals surface area contributed by atoms with E-state index >= 15 is 0 Å². The van der Waals surface area contributed by atoms with Crippen molar-refractivity contribution in [3.8, 4) is 0 Å². The topological polar surface area (TPSA) is 69.3 Å². The summed E-state index contributed by atoms with van der Waals surface area (Å²) in [6, 6.07) is 0.368. The number of hydrogen-bond donors (Lipinski definition) is 1. The Morgan fingerprint density at radius 3 is 2.71 bits per heavy atom. The molecule has 0 spiro atoms. The molecule has 1 saturated carbocycles. The predicted molar refractivity (Wildman–Crippen MR) is 109 cm³/mol. The first kappa shape index (κ1) is 19.6. The van der Waals surface area contributed by atoms with E-state index in [0.29, 0.717) is 24.8 Å². The van der Waals surface area contributed by atoms with Gasteiger partial charge in [-0.25, -0.2) is 4.98 Å². The van der Waals surface area contributed by atoms with Crippen molar-refractivity contribution in [1.82, 2.24) is 19.8 Å². The van der Waals surface area contributed by atoms with Crippen LogP contribution in [0.4, 0.5) is 0 Å². The van der Waals surface area contributed by atoms with Crippen LogP contribution in [-0.2, 0) is 17.8 Å². The molecule has 1 saturated heterocycles. The fourth-order valence-corrected chi connectivity index (χ4v) is 5.18. The van der Waals surface area contributed by atoms with Gasteiger partial charge in [0.2, 0.25) is 5.91 Å². The molecule has 154 valence electrons. The maximum Gasteiger partial charge on any atom is 0.255 e. The second-order valence-electron chi connectivity index (χ2n) is 9.12. The summed E-state index contributed by atoms with van der Waals surface area (Å²) in [7, 11) is 0. The summed E-state index contributed by atoms with van der Waals surface area (Å²) in [5, 5.41) is 0. The van der Waals surface area contributed by atoms with Gasteiger partial charge in [0, 0.05) is 38.5 Å². The van der Waals surface area contributed by atoms with Crippen LogP contribution < -0.4 is 5.56 Å². The number of fused-ring (bicyclic) bond motifs is 1. The van der Waals surface area contributed by atoms with Gasteiger partial charge in [0.05, 0.1) is 17.3 Å². The number of amides is 1. The molecule has 4 rings (SSSR count). The predicted octanol–water partition coefficient (Wildman–Crippen LogP) is 3.17. The van der Waals surface area contributed by atoms with Gasteiger partial charge in [-0.2, -0.15) is 0 Å². The summed E-state index contributed by atoms with van der Waals surface area (Å²) in [6.45, 7) is 6.72. The van der Waals surface area contributed by atoms with Crippen LogP contribution in [0.1, 0.15) is 88.3 Å². The molecule has 0 aromatic carbocycles. The zero-order valence-corrected chi connectivity index (χ0v) is 17.4. The molecule has 1 atom stereocenters. The molecular weight excluding hydrogens is 352 g/mol. The van der Waals surface area contributed by atoms with E-state index in [9.17, 15) is 9.59 Å². The van der Waals surface area contributed by atoms with Gasteiger partial charge in [0.25, 0.3) is 5.56 Å². The zero-order valence-electron chi connectivity index (χ0n) is 17.4. The summed E-state index contributed by atoms with van der Waals surface area (Å²) in [5.41, 5.74) is 1.72. The number of carbonyl (C=O) groups is 1. The van der Waals surface area contributed by atoms with E-state index in [0.717, 1.165) is 55.9 Å². The Morgan fingerprint density at radius 1 is 1.18 bits per heavy atom. The molecular formula is C22H34N4O2. The fraction of sp³-hybridized carbons (Fsp3) is 0.773. The van der Waals surface area contributed by atoms with E-state index in [1.807, 2.05) is 4.90 Å². The maximum absolute atomic E-state index is 12.9. The van der Waals surface area contributed by atoms with Crippen molar-refractivity contribution < 1.29 is 4.79 Å². The number of nitrogens with one attached hydrogen (secondary N) is 1. The van der Waals surface area contributed by atoms with Crippen molar-refractivity contribution in [2.45, 2.75) is 90.3 Å². The minimum absolute atomic E-state index is 0.0180. The SMILES string of the molecule is CC(C)N1CCc2nc([C@H]3CCCN3C(=O)CCC3CCCC3)[nH]c(=O)c2C1. The minimum Gasteiger partial charge on any atom is -0.333 e. The summed E-state index contributed by atoms with van der Waals surface area (Å²) in [6.07, 6.45) is 9.55. The molecule has 2 fully saturated rings. The number of rotatable bonds is 5. The molecule has 2 aliphatic heterocycles. The second kappa shape index (κ2) is 8.36. The first-order valence-electron chi connectivity index (χ1n) is 11.2. The highest BCUT2D eigenvalue weighted by Crippen LogP contribution is 2.33. The van der Waals surface area contributed by atoms with Crippen LogP contribution in [0.25, 0.3) is 0 Å². The number of nitrogens with zero attached hydrogens (tertiary/aromatic N) is 3. The number of hydrogen-bond acceptors (Lipinski definition) is 4. The third-order valence-corrected chi connectivity index (χ3v) is 6.98. The van der Waals surface area contributed by atoms with E-state index < -0.39 is 0 Å². The number of aromatic amines is 1. The standard InChI is InChI=1S/C22H34N4O2/c1-15(2)25-13-11-18-17(14-25)22(28)24-21(23-18)19-8-5-12-26(19)20(27)10-9-16-6-3-4-7-16/h15-16,19H,3-14H2,1-2H3,(H,23,24,28)/t19-/m1/s1. The molecule has 0 unspecified atom stereocenters. The molecule has 0 radical (unpaired) electrons. The zero-order chi connectivity index (χ0) is 19.7. The average Bonchev–Trinajstić information content (AvgIpc) is 3.37. The molecule has 1 amide bonds. The minimum atomic E-state index is -0.0581. The number of carbonyl (C=O) groups excluding carboxylic acids is 1. The first-order valence-corrected chi connectivity index (χ1v) is 11.2. The molecule has 3 aliphatic rings. The van der Waals surface area contributed by atoms with Crippen molar-refractivity contribution in [2.24, 2.45) is 5.92 Å². The molecule has 6 nitrogen and oxygen atoms in total. The molecule has 1 aromatic heterocycles. The van der Waals surface area contributed by atoms with Crippen LogP contribution >= 0.6 is 0 Å². The third-order valence-electron chi connectivity index (χ3n) is 6.98. The van der Waals surface area contributed by atoms with Crippen molar-refractivity contribution in [1.29, 1.82) is 0 Å². The van der Waals surface area contributed by atoms with Crippen LogP contribution in [0.5, 0.6) is 0 Å². The maximum atomic E-state index is 12.9. The molecule has 1 aromatic rings. The average molecular weight is 387 g/mol. The van der Waals surface area contributed by atoms with Crippen LogP contribution in [0.15, 0.2) is 4.79 Å². The highest BCUT2D eigenvalue weighted by molar-refractivity contribution is 5.76. The molecule has 1 N–H and O–H groups in total. The Labute approximate surface area is 167 Å². The molecule has 28 heavy (non-hydrogen) atoms. The highest BCUT2D eigenvalue weighted by Gasteiger charge is 2.33. The van der Waals surface area contributed by atoms with Gasteiger partial charge in [-0.1, -0.05) is 25.7 Å². The normalized spacial score (nSPS) is 23.5. The Morgan fingerprint density at radius 2 is 1.96 bits per heavy atom. The lowest BCUT2D eigenvalue weighted by Gasteiger charge is -2.31. The fourth-order valence-electron chi connectivity index (χ4n) is 5.18. The van der Waals surface area contributed by atoms with Gasteiger partial charge in [0.1, 0.15) is 5.82 Å². The van der Waals surface area contributed by atoms with E-state index in [1.165, 1.54) is 25.7 Å². The largest absolute Gasteiger partial charge is 0.333 e. The first-order chi connectivity index (χ1) is 13.5. The lowest BCUT2D eigenvalue weighted by Crippen LogP contribution is -2.40. The van der Waals surface area contributed by atoms with Crippen LogP contribution in [-0.4, -0.2) is 44.8 Å². The lowest BCUT2D eigenvalue weighted by molar-refractivity contribution is -0.132. The Bertz CT molecular complexity index is 766. The van der Waals surface area contributed by atoms with Gasteiger partial charge in [-0.15, -0.1) is 0 Å². The number of likely N-dealkylation sites (tertiary alicyclic amines) is 1. The van der Waals surface area contributed by atoms with Gasteiger partial charge < -0.3 is 9.88 Å². The summed E-state index contributed by atoms with van der Waals surface area (Å²) in [4.78, 5) is 37.8. The Kier molecular flexibility index (Phi) is 5.85. The van der Waals surface area contributed by atoms with Crippen molar-refractivity contribution >= 4 is 5.91 Å². The smallest absolute Gasteiger partial charge is 0.255 e. The summed E-state index contributed by atoms with van der Waals surface area (Å²) >= 11 is 0. The Hall–Kier alpha value is -1.69. The van der Waals surface area contributed by atoms with Crippen molar-refractivity contribution in [3.63, 3.8) is 0 Å². The lowest BCUT2D eigenvalue weighted by atomic mass is 10.0. The molecule has 6 heteroatoms.